The van der Waals surface area contributed by atoms with Crippen molar-refractivity contribution in [3.05, 3.63) is 0 Å². The van der Waals surface area contributed by atoms with Crippen molar-refractivity contribution < 1.29 is 54.8 Å². The third-order valence-corrected chi connectivity index (χ3v) is 6.33. The van der Waals surface area contributed by atoms with Gasteiger partial charge < -0.3 is 54.9 Å². The first-order chi connectivity index (χ1) is 15.0. The number of ether oxygens (including phenoxy) is 3. The summed E-state index contributed by atoms with van der Waals surface area (Å²) in [5.41, 5.74) is 0. The van der Waals surface area contributed by atoms with E-state index in [9.17, 15) is 40.5 Å². The minimum atomic E-state index is -2.24. The molecule has 0 bridgehead atoms. The molecule has 3 rings (SSSR count). The van der Waals surface area contributed by atoms with Gasteiger partial charge in [0.15, 0.2) is 6.29 Å². The molecule has 3 heterocycles. The average molecular weight is 465 g/mol. The van der Waals surface area contributed by atoms with Gasteiger partial charge >= 0.3 is 0 Å². The molecule has 0 spiro atoms. The topological polar surface area (TPSA) is 190 Å². The maximum atomic E-state index is 12.4. The predicted molar refractivity (Wildman–Crippen MR) is 106 cm³/mol. The second-order valence-electron chi connectivity index (χ2n) is 9.40. The fourth-order valence-electron chi connectivity index (χ4n) is 4.73. The Hall–Kier alpha value is -0.930. The van der Waals surface area contributed by atoms with Gasteiger partial charge in [-0.15, -0.1) is 0 Å². The Bertz CT molecular complexity index is 649. The Labute approximate surface area is 185 Å². The van der Waals surface area contributed by atoms with Crippen molar-refractivity contribution >= 4 is 5.91 Å². The summed E-state index contributed by atoms with van der Waals surface area (Å²) < 4.78 is 16.3. The van der Waals surface area contributed by atoms with E-state index in [1.807, 2.05) is 0 Å². The normalized spacial score (nSPS) is 45.2. The number of aliphatic hydroxyl groups is 7. The zero-order valence-corrected chi connectivity index (χ0v) is 18.2. The molecule has 3 aliphatic heterocycles. The van der Waals surface area contributed by atoms with Gasteiger partial charge in [0, 0.05) is 13.0 Å². The quantitative estimate of drug-likeness (QED) is 0.188. The molecule has 0 saturated carbocycles. The van der Waals surface area contributed by atoms with Crippen molar-refractivity contribution in [3.8, 4) is 0 Å². The Morgan fingerprint density at radius 1 is 1.09 bits per heavy atom. The highest BCUT2D eigenvalue weighted by Gasteiger charge is 2.58. The van der Waals surface area contributed by atoms with Gasteiger partial charge in [-0.05, 0) is 18.3 Å². The van der Waals surface area contributed by atoms with Gasteiger partial charge in [-0.25, -0.2) is 0 Å². The molecule has 0 aromatic heterocycles. The van der Waals surface area contributed by atoms with Crippen molar-refractivity contribution in [1.82, 2.24) is 4.90 Å². The SMILES string of the molecule is CC(C)CC1CC(=O)N(CC2(O)OC(CO)C(OC3OC(CO)C(O)C(O)C3O)C2O)C1. The summed E-state index contributed by atoms with van der Waals surface area (Å²) in [5, 5.41) is 70.8. The van der Waals surface area contributed by atoms with E-state index < -0.39 is 68.0 Å². The van der Waals surface area contributed by atoms with E-state index in [-0.39, 0.29) is 18.4 Å². The third-order valence-electron chi connectivity index (χ3n) is 6.33. The van der Waals surface area contributed by atoms with Gasteiger partial charge in [0.05, 0.1) is 19.8 Å². The fourth-order valence-corrected chi connectivity index (χ4v) is 4.73. The summed E-state index contributed by atoms with van der Waals surface area (Å²) in [6.45, 7) is 2.83. The molecule has 10 unspecified atom stereocenters. The van der Waals surface area contributed by atoms with Crippen LogP contribution in [0.25, 0.3) is 0 Å². The molecule has 7 N–H and O–H groups in total. The van der Waals surface area contributed by atoms with Crippen molar-refractivity contribution in [1.29, 1.82) is 0 Å². The molecule has 3 saturated heterocycles. The van der Waals surface area contributed by atoms with Crippen LogP contribution in [-0.2, 0) is 19.0 Å². The van der Waals surface area contributed by atoms with Crippen molar-refractivity contribution in [2.24, 2.45) is 11.8 Å². The fraction of sp³-hybridized carbons (Fsp3) is 0.950. The van der Waals surface area contributed by atoms with E-state index in [0.29, 0.717) is 18.9 Å². The van der Waals surface area contributed by atoms with Crippen molar-refractivity contribution in [2.45, 2.75) is 81.5 Å². The zero-order chi connectivity index (χ0) is 23.8. The van der Waals surface area contributed by atoms with E-state index in [1.165, 1.54) is 4.90 Å². The molecule has 32 heavy (non-hydrogen) atoms. The van der Waals surface area contributed by atoms with Crippen LogP contribution in [0.5, 0.6) is 0 Å². The number of hydrogen-bond acceptors (Lipinski definition) is 11. The molecule has 3 aliphatic rings. The number of carbonyl (C=O) groups is 1. The van der Waals surface area contributed by atoms with Crippen LogP contribution in [0.1, 0.15) is 26.7 Å². The number of β-amino-alcohol motifs (C(OH)–C–C–N with tert-alkyl or cyclic N) is 1. The van der Waals surface area contributed by atoms with Crippen LogP contribution < -0.4 is 0 Å². The molecular weight excluding hydrogens is 430 g/mol. The summed E-state index contributed by atoms with van der Waals surface area (Å²) in [7, 11) is 0. The Morgan fingerprint density at radius 3 is 2.34 bits per heavy atom. The highest BCUT2D eigenvalue weighted by Crippen LogP contribution is 2.36. The lowest BCUT2D eigenvalue weighted by atomic mass is 9.96. The van der Waals surface area contributed by atoms with Crippen LogP contribution in [-0.4, -0.2) is 128 Å². The first kappa shape index (κ1) is 25.7. The first-order valence-electron chi connectivity index (χ1n) is 10.9. The highest BCUT2D eigenvalue weighted by molar-refractivity contribution is 5.78. The van der Waals surface area contributed by atoms with E-state index >= 15 is 0 Å². The van der Waals surface area contributed by atoms with Crippen molar-refractivity contribution in [3.63, 3.8) is 0 Å². The van der Waals surface area contributed by atoms with Gasteiger partial charge in [-0.3, -0.25) is 4.79 Å². The maximum absolute atomic E-state index is 12.4. The Kier molecular flexibility index (Phi) is 8.14. The summed E-state index contributed by atoms with van der Waals surface area (Å²) in [6.07, 6.45) is -11.0. The van der Waals surface area contributed by atoms with Crippen LogP contribution in [0.4, 0.5) is 0 Å². The largest absolute Gasteiger partial charge is 0.394 e. The van der Waals surface area contributed by atoms with Gasteiger partial charge in [0.25, 0.3) is 0 Å². The number of aliphatic hydroxyl groups excluding tert-OH is 6. The maximum Gasteiger partial charge on any atom is 0.223 e. The number of hydrogen-bond donors (Lipinski definition) is 7. The third kappa shape index (κ3) is 5.09. The van der Waals surface area contributed by atoms with E-state index in [0.717, 1.165) is 6.42 Å². The molecule has 12 heteroatoms. The van der Waals surface area contributed by atoms with Crippen LogP contribution in [0.3, 0.4) is 0 Å². The highest BCUT2D eigenvalue weighted by atomic mass is 16.7. The number of amides is 1. The smallest absolute Gasteiger partial charge is 0.223 e. The van der Waals surface area contributed by atoms with Gasteiger partial charge in [0.2, 0.25) is 11.7 Å². The van der Waals surface area contributed by atoms with E-state index in [4.69, 9.17) is 14.2 Å². The summed E-state index contributed by atoms with van der Waals surface area (Å²) in [4.78, 5) is 13.8. The number of likely N-dealkylation sites (tertiary alicyclic amines) is 1. The summed E-state index contributed by atoms with van der Waals surface area (Å²) >= 11 is 0. The summed E-state index contributed by atoms with van der Waals surface area (Å²) in [5.74, 6) is -1.90. The van der Waals surface area contributed by atoms with Crippen LogP contribution in [0.2, 0.25) is 0 Å². The standard InChI is InChI=1S/C20H35NO11/c1-9(2)3-10-4-13(24)21(5-10)8-20(29)18(28)17(12(7-23)32-20)31-19-16(27)15(26)14(25)11(6-22)30-19/h9-12,14-19,22-23,25-29H,3-8H2,1-2H3. The summed E-state index contributed by atoms with van der Waals surface area (Å²) in [6, 6.07) is 0. The molecule has 0 aromatic rings. The second-order valence-corrected chi connectivity index (χ2v) is 9.40. The zero-order valence-electron chi connectivity index (χ0n) is 18.2. The van der Waals surface area contributed by atoms with Crippen LogP contribution >= 0.6 is 0 Å². The van der Waals surface area contributed by atoms with E-state index in [1.54, 1.807) is 0 Å². The molecule has 186 valence electrons. The molecule has 1 amide bonds. The lowest BCUT2D eigenvalue weighted by Crippen LogP contribution is -2.61. The Balaban J connectivity index is 1.69. The van der Waals surface area contributed by atoms with Crippen molar-refractivity contribution in [2.75, 3.05) is 26.3 Å². The van der Waals surface area contributed by atoms with Gasteiger partial charge in [0.1, 0.15) is 42.7 Å². The molecule has 3 fully saturated rings. The van der Waals surface area contributed by atoms with Crippen LogP contribution in [0, 0.1) is 11.8 Å². The van der Waals surface area contributed by atoms with E-state index in [2.05, 4.69) is 13.8 Å². The number of nitrogens with zero attached hydrogens (tertiary/aromatic N) is 1. The minimum Gasteiger partial charge on any atom is -0.394 e. The molecule has 12 nitrogen and oxygen atoms in total. The first-order valence-corrected chi connectivity index (χ1v) is 10.9. The molecule has 0 aromatic carbocycles. The minimum absolute atomic E-state index is 0.124. The Morgan fingerprint density at radius 2 is 1.75 bits per heavy atom. The average Bonchev–Trinajstić information content (AvgIpc) is 3.18. The molecule has 10 atom stereocenters. The van der Waals surface area contributed by atoms with Gasteiger partial charge in [-0.1, -0.05) is 13.8 Å². The number of carbonyl (C=O) groups excluding carboxylic acids is 1. The lowest BCUT2D eigenvalue weighted by Gasteiger charge is -2.41. The van der Waals surface area contributed by atoms with Gasteiger partial charge in [-0.2, -0.15) is 0 Å². The number of rotatable bonds is 8. The second kappa shape index (κ2) is 10.1. The molecule has 0 aliphatic carbocycles. The predicted octanol–water partition coefficient (Wildman–Crippen LogP) is -3.49. The molecule has 0 radical (unpaired) electrons. The monoisotopic (exact) mass is 465 g/mol. The molecular formula is C20H35NO11. The van der Waals surface area contributed by atoms with Crippen LogP contribution in [0.15, 0.2) is 0 Å². The lowest BCUT2D eigenvalue weighted by molar-refractivity contribution is -0.318.